The first-order valence-electron chi connectivity index (χ1n) is 4.82. The zero-order valence-corrected chi connectivity index (χ0v) is 8.50. The lowest BCUT2D eigenvalue weighted by Crippen LogP contribution is -2.22. The highest BCUT2D eigenvalue weighted by Gasteiger charge is 2.31. The number of methoxy groups -OCH3 is 1. The van der Waals surface area contributed by atoms with Gasteiger partial charge in [-0.3, -0.25) is 0 Å². The van der Waals surface area contributed by atoms with Crippen molar-refractivity contribution >= 4 is 5.82 Å². The summed E-state index contributed by atoms with van der Waals surface area (Å²) >= 11 is 0. The van der Waals surface area contributed by atoms with Crippen molar-refractivity contribution < 1.29 is 14.9 Å². The Bertz CT molecular complexity index is 335. The Morgan fingerprint density at radius 1 is 1.40 bits per heavy atom. The highest BCUT2D eigenvalue weighted by atomic mass is 16.5. The van der Waals surface area contributed by atoms with Crippen LogP contribution in [0.3, 0.4) is 0 Å². The quantitative estimate of drug-likeness (QED) is 0.697. The van der Waals surface area contributed by atoms with Crippen molar-refractivity contribution in [2.75, 3.05) is 25.1 Å². The molecule has 0 aromatic carbocycles. The highest BCUT2D eigenvalue weighted by molar-refractivity contribution is 5.53. The zero-order valence-electron chi connectivity index (χ0n) is 8.50. The molecule has 2 atom stereocenters. The number of pyridine rings is 1. The first kappa shape index (κ1) is 10.2. The molecule has 1 fully saturated rings. The number of aliphatic hydroxyl groups excluding tert-OH is 2. The van der Waals surface area contributed by atoms with Crippen LogP contribution in [0.5, 0.6) is 5.75 Å². The summed E-state index contributed by atoms with van der Waals surface area (Å²) in [6, 6.07) is 3.59. The number of β-amino-alcohol motifs (C(OH)–C–C–N with tert-alkyl or cyclic N) is 2. The molecule has 2 rings (SSSR count). The maximum absolute atomic E-state index is 9.43. The Kier molecular flexibility index (Phi) is 2.75. The summed E-state index contributed by atoms with van der Waals surface area (Å²) in [5.74, 6) is 1.31. The number of aliphatic hydroxyl groups is 2. The molecule has 1 aromatic heterocycles. The van der Waals surface area contributed by atoms with Crippen molar-refractivity contribution in [2.24, 2.45) is 0 Å². The molecular weight excluding hydrogens is 196 g/mol. The summed E-state index contributed by atoms with van der Waals surface area (Å²) in [5.41, 5.74) is 0. The van der Waals surface area contributed by atoms with Gasteiger partial charge in [0.15, 0.2) is 11.6 Å². The van der Waals surface area contributed by atoms with Gasteiger partial charge in [0, 0.05) is 19.3 Å². The first-order valence-corrected chi connectivity index (χ1v) is 4.82. The van der Waals surface area contributed by atoms with E-state index in [0.29, 0.717) is 24.7 Å². The van der Waals surface area contributed by atoms with Crippen LogP contribution in [0.1, 0.15) is 0 Å². The van der Waals surface area contributed by atoms with Gasteiger partial charge in [-0.2, -0.15) is 0 Å². The summed E-state index contributed by atoms with van der Waals surface area (Å²) in [5, 5.41) is 18.9. The topological polar surface area (TPSA) is 65.8 Å². The third-order valence-corrected chi connectivity index (χ3v) is 2.53. The molecule has 82 valence electrons. The van der Waals surface area contributed by atoms with Crippen LogP contribution in [0.2, 0.25) is 0 Å². The van der Waals surface area contributed by atoms with Crippen LogP contribution in [-0.2, 0) is 0 Å². The number of aromatic nitrogens is 1. The van der Waals surface area contributed by atoms with E-state index >= 15 is 0 Å². The van der Waals surface area contributed by atoms with Crippen LogP contribution < -0.4 is 9.64 Å². The monoisotopic (exact) mass is 210 g/mol. The van der Waals surface area contributed by atoms with E-state index in [2.05, 4.69) is 4.98 Å². The van der Waals surface area contributed by atoms with Crippen molar-refractivity contribution in [3.05, 3.63) is 18.3 Å². The van der Waals surface area contributed by atoms with Crippen molar-refractivity contribution in [3.63, 3.8) is 0 Å². The molecule has 0 radical (unpaired) electrons. The van der Waals surface area contributed by atoms with E-state index in [9.17, 15) is 10.2 Å². The Hall–Kier alpha value is -1.33. The molecule has 2 heterocycles. The Balaban J connectivity index is 2.23. The molecule has 0 spiro atoms. The maximum Gasteiger partial charge on any atom is 0.171 e. The SMILES string of the molecule is COc1cccnc1N1CC(O)C(O)C1. The van der Waals surface area contributed by atoms with Gasteiger partial charge in [0.1, 0.15) is 0 Å². The minimum absolute atomic E-state index is 0.383. The fourth-order valence-electron chi connectivity index (χ4n) is 1.72. The van der Waals surface area contributed by atoms with Crippen molar-refractivity contribution in [1.29, 1.82) is 0 Å². The molecule has 2 N–H and O–H groups in total. The van der Waals surface area contributed by atoms with E-state index in [0.717, 1.165) is 0 Å². The second kappa shape index (κ2) is 4.04. The van der Waals surface area contributed by atoms with Gasteiger partial charge in [0.05, 0.1) is 19.3 Å². The summed E-state index contributed by atoms with van der Waals surface area (Å²) in [6.45, 7) is 0.767. The van der Waals surface area contributed by atoms with Gasteiger partial charge in [-0.15, -0.1) is 0 Å². The smallest absolute Gasteiger partial charge is 0.171 e. The third-order valence-electron chi connectivity index (χ3n) is 2.53. The maximum atomic E-state index is 9.43. The molecule has 5 nitrogen and oxygen atoms in total. The van der Waals surface area contributed by atoms with Crippen molar-refractivity contribution in [2.45, 2.75) is 12.2 Å². The second-order valence-corrected chi connectivity index (χ2v) is 3.57. The minimum atomic E-state index is -0.711. The van der Waals surface area contributed by atoms with E-state index in [1.54, 1.807) is 25.4 Å². The number of anilines is 1. The van der Waals surface area contributed by atoms with E-state index in [1.807, 2.05) is 4.90 Å². The standard InChI is InChI=1S/C10H14N2O3/c1-15-9-3-2-4-11-10(9)12-5-7(13)8(14)6-12/h2-4,7-8,13-14H,5-6H2,1H3. The lowest BCUT2D eigenvalue weighted by atomic mass is 10.3. The molecule has 1 aromatic rings. The summed E-state index contributed by atoms with van der Waals surface area (Å²) in [4.78, 5) is 5.99. The number of ether oxygens (including phenoxy) is 1. The van der Waals surface area contributed by atoms with Gasteiger partial charge in [0.25, 0.3) is 0 Å². The molecule has 0 bridgehead atoms. The fourth-order valence-corrected chi connectivity index (χ4v) is 1.72. The third kappa shape index (κ3) is 1.88. The van der Waals surface area contributed by atoms with Crippen LogP contribution in [0.15, 0.2) is 18.3 Å². The molecule has 2 unspecified atom stereocenters. The second-order valence-electron chi connectivity index (χ2n) is 3.57. The Morgan fingerprint density at radius 2 is 2.07 bits per heavy atom. The largest absolute Gasteiger partial charge is 0.493 e. The van der Waals surface area contributed by atoms with Crippen LogP contribution in [0.25, 0.3) is 0 Å². The molecular formula is C10H14N2O3. The van der Waals surface area contributed by atoms with Crippen LogP contribution in [0, 0.1) is 0 Å². The first-order chi connectivity index (χ1) is 7.22. The van der Waals surface area contributed by atoms with Gasteiger partial charge in [0.2, 0.25) is 0 Å². The Morgan fingerprint density at radius 3 is 2.67 bits per heavy atom. The van der Waals surface area contributed by atoms with Crippen molar-refractivity contribution in [1.82, 2.24) is 4.98 Å². The molecule has 1 aliphatic rings. The van der Waals surface area contributed by atoms with E-state index in [1.165, 1.54) is 0 Å². The van der Waals surface area contributed by atoms with E-state index < -0.39 is 12.2 Å². The van der Waals surface area contributed by atoms with E-state index in [-0.39, 0.29) is 0 Å². The summed E-state index contributed by atoms with van der Waals surface area (Å²) < 4.78 is 5.16. The molecule has 15 heavy (non-hydrogen) atoms. The van der Waals surface area contributed by atoms with Crippen LogP contribution in [0.4, 0.5) is 5.82 Å². The Labute approximate surface area is 87.9 Å². The normalized spacial score (nSPS) is 25.7. The predicted molar refractivity (Wildman–Crippen MR) is 55.0 cm³/mol. The van der Waals surface area contributed by atoms with Gasteiger partial charge >= 0.3 is 0 Å². The van der Waals surface area contributed by atoms with Gasteiger partial charge in [-0.05, 0) is 12.1 Å². The molecule has 0 aliphatic carbocycles. The summed E-state index contributed by atoms with van der Waals surface area (Å²) in [7, 11) is 1.57. The van der Waals surface area contributed by atoms with Gasteiger partial charge in [-0.25, -0.2) is 4.98 Å². The molecule has 1 saturated heterocycles. The average molecular weight is 210 g/mol. The molecule has 0 saturated carbocycles. The minimum Gasteiger partial charge on any atom is -0.493 e. The van der Waals surface area contributed by atoms with Crippen LogP contribution >= 0.6 is 0 Å². The molecule has 0 amide bonds. The van der Waals surface area contributed by atoms with Gasteiger partial charge < -0.3 is 19.8 Å². The van der Waals surface area contributed by atoms with Crippen molar-refractivity contribution in [3.8, 4) is 5.75 Å². The number of nitrogens with zero attached hydrogens (tertiary/aromatic N) is 2. The lowest BCUT2D eigenvalue weighted by molar-refractivity contribution is 0.0572. The number of hydrogen-bond donors (Lipinski definition) is 2. The van der Waals surface area contributed by atoms with Gasteiger partial charge in [-0.1, -0.05) is 0 Å². The molecule has 5 heteroatoms. The van der Waals surface area contributed by atoms with E-state index in [4.69, 9.17) is 4.74 Å². The average Bonchev–Trinajstić information content (AvgIpc) is 2.59. The lowest BCUT2D eigenvalue weighted by Gasteiger charge is -2.18. The number of hydrogen-bond acceptors (Lipinski definition) is 5. The number of rotatable bonds is 2. The van der Waals surface area contributed by atoms with Crippen LogP contribution in [-0.4, -0.2) is 47.6 Å². The zero-order chi connectivity index (χ0) is 10.8. The summed E-state index contributed by atoms with van der Waals surface area (Å²) in [6.07, 6.45) is 0.239. The predicted octanol–water partition coefficient (Wildman–Crippen LogP) is -0.368. The molecule has 1 aliphatic heterocycles. The fraction of sp³-hybridized carbons (Fsp3) is 0.500. The highest BCUT2D eigenvalue weighted by Crippen LogP contribution is 2.27.